The van der Waals surface area contributed by atoms with Crippen molar-refractivity contribution in [2.45, 2.75) is 38.0 Å². The molecule has 7 nitrogen and oxygen atoms in total. The fourth-order valence-corrected chi connectivity index (χ4v) is 5.06. The summed E-state index contributed by atoms with van der Waals surface area (Å²) in [6.07, 6.45) is 0.953. The number of hydrogen-bond acceptors (Lipinski definition) is 5. The number of carbonyl (C=O) groups is 2. The fraction of sp³-hybridized carbons (Fsp3) is 0.300. The average Bonchev–Trinajstić information content (AvgIpc) is 2.64. The number of nitrogens with zero attached hydrogens (tertiary/aromatic N) is 1. The summed E-state index contributed by atoms with van der Waals surface area (Å²) in [6, 6.07) is 7.64. The molecule has 0 saturated carbocycles. The van der Waals surface area contributed by atoms with Crippen molar-refractivity contribution in [1.29, 1.82) is 0 Å². The van der Waals surface area contributed by atoms with Crippen molar-refractivity contribution >= 4 is 44.8 Å². The second kappa shape index (κ2) is 8.04. The van der Waals surface area contributed by atoms with Crippen LogP contribution < -0.4 is 14.4 Å². The number of methoxy groups -OCH3 is 1. The summed E-state index contributed by atoms with van der Waals surface area (Å²) in [5.41, 5.74) is 2.01. The molecule has 0 unspecified atom stereocenters. The van der Waals surface area contributed by atoms with Crippen molar-refractivity contribution in [3.63, 3.8) is 0 Å². The molecule has 1 aliphatic heterocycles. The van der Waals surface area contributed by atoms with Crippen LogP contribution in [0.1, 0.15) is 30.4 Å². The Morgan fingerprint density at radius 1 is 1.07 bits per heavy atom. The summed E-state index contributed by atoms with van der Waals surface area (Å²) in [5, 5.41) is 0.266. The van der Waals surface area contributed by atoms with Gasteiger partial charge < -0.3 is 4.74 Å². The number of benzene rings is 2. The Balaban J connectivity index is 2.07. The number of sulfonamides is 1. The highest BCUT2D eigenvalue weighted by Crippen LogP contribution is 2.34. The predicted octanol–water partition coefficient (Wildman–Crippen LogP) is 3.81. The van der Waals surface area contributed by atoms with Gasteiger partial charge in [-0.3, -0.25) is 19.2 Å². The Hall–Kier alpha value is -2.58. The first-order chi connectivity index (χ1) is 13.6. The molecule has 2 aromatic rings. The van der Waals surface area contributed by atoms with Crippen LogP contribution in [-0.4, -0.2) is 27.3 Å². The van der Waals surface area contributed by atoms with Gasteiger partial charge in [-0.15, -0.1) is 0 Å². The first kappa shape index (κ1) is 21.1. The minimum absolute atomic E-state index is 0.0824. The summed E-state index contributed by atoms with van der Waals surface area (Å²) in [4.78, 5) is 25.3. The predicted molar refractivity (Wildman–Crippen MR) is 111 cm³/mol. The van der Waals surface area contributed by atoms with Crippen molar-refractivity contribution in [2.24, 2.45) is 0 Å². The molecular formula is C20H21ClN2O5S. The fourth-order valence-electron chi connectivity index (χ4n) is 3.29. The van der Waals surface area contributed by atoms with Crippen molar-refractivity contribution in [2.75, 3.05) is 16.7 Å². The zero-order valence-electron chi connectivity index (χ0n) is 16.3. The molecule has 2 aromatic carbocycles. The lowest BCUT2D eigenvalue weighted by Gasteiger charge is -2.25. The van der Waals surface area contributed by atoms with E-state index in [4.69, 9.17) is 16.3 Å². The molecular weight excluding hydrogens is 416 g/mol. The van der Waals surface area contributed by atoms with Crippen LogP contribution >= 0.6 is 11.6 Å². The summed E-state index contributed by atoms with van der Waals surface area (Å²) >= 11 is 6.24. The lowest BCUT2D eigenvalue weighted by atomic mass is 10.1. The molecule has 0 spiro atoms. The quantitative estimate of drug-likeness (QED) is 0.719. The third-order valence-corrected chi connectivity index (χ3v) is 6.31. The minimum Gasteiger partial charge on any atom is -0.495 e. The summed E-state index contributed by atoms with van der Waals surface area (Å²) < 4.78 is 34.0. The van der Waals surface area contributed by atoms with Crippen LogP contribution in [0.2, 0.25) is 5.02 Å². The SMILES string of the molecule is COc1ccc(N2C(=O)CCCC2=O)cc1S(=O)(=O)Nc1c(C)cc(C)cc1Cl. The van der Waals surface area contributed by atoms with Gasteiger partial charge in [0.1, 0.15) is 10.6 Å². The van der Waals surface area contributed by atoms with E-state index in [0.717, 1.165) is 10.5 Å². The Morgan fingerprint density at radius 3 is 2.31 bits per heavy atom. The summed E-state index contributed by atoms with van der Waals surface area (Å²) in [6.45, 7) is 3.60. The van der Waals surface area contributed by atoms with Crippen molar-refractivity contribution in [3.05, 3.63) is 46.5 Å². The monoisotopic (exact) mass is 436 g/mol. The van der Waals surface area contributed by atoms with Crippen LogP contribution in [0.4, 0.5) is 11.4 Å². The Morgan fingerprint density at radius 2 is 1.72 bits per heavy atom. The van der Waals surface area contributed by atoms with Crippen LogP contribution in [0.5, 0.6) is 5.75 Å². The van der Waals surface area contributed by atoms with Gasteiger partial charge in [0, 0.05) is 12.8 Å². The molecule has 0 atom stereocenters. The van der Waals surface area contributed by atoms with E-state index in [1.165, 1.54) is 25.3 Å². The van der Waals surface area contributed by atoms with E-state index in [-0.39, 0.29) is 51.7 Å². The van der Waals surface area contributed by atoms with Gasteiger partial charge >= 0.3 is 0 Å². The maximum Gasteiger partial charge on any atom is 0.265 e. The molecule has 0 radical (unpaired) electrons. The summed E-state index contributed by atoms with van der Waals surface area (Å²) in [5.74, 6) is -0.640. The maximum atomic E-state index is 13.1. The van der Waals surface area contributed by atoms with Crippen molar-refractivity contribution < 1.29 is 22.7 Å². The average molecular weight is 437 g/mol. The van der Waals surface area contributed by atoms with Gasteiger partial charge in [-0.1, -0.05) is 17.7 Å². The third kappa shape index (κ3) is 4.23. The molecule has 154 valence electrons. The van der Waals surface area contributed by atoms with E-state index >= 15 is 0 Å². The number of rotatable bonds is 5. The largest absolute Gasteiger partial charge is 0.495 e. The Labute approximate surface area is 174 Å². The van der Waals surface area contributed by atoms with Gasteiger partial charge in [0.2, 0.25) is 11.8 Å². The molecule has 0 aliphatic carbocycles. The van der Waals surface area contributed by atoms with Gasteiger partial charge in [-0.05, 0) is 55.7 Å². The number of carbonyl (C=O) groups excluding carboxylic acids is 2. The van der Waals surface area contributed by atoms with Gasteiger partial charge in [-0.25, -0.2) is 8.42 Å². The Kier molecular flexibility index (Phi) is 5.86. The molecule has 2 amide bonds. The van der Waals surface area contributed by atoms with Crippen LogP contribution in [-0.2, 0) is 19.6 Å². The van der Waals surface area contributed by atoms with E-state index in [2.05, 4.69) is 4.72 Å². The van der Waals surface area contributed by atoms with E-state index in [1.54, 1.807) is 13.0 Å². The number of aryl methyl sites for hydroxylation is 2. The highest BCUT2D eigenvalue weighted by molar-refractivity contribution is 7.92. The normalized spacial score (nSPS) is 14.8. The zero-order chi connectivity index (χ0) is 21.3. The maximum absolute atomic E-state index is 13.1. The summed E-state index contributed by atoms with van der Waals surface area (Å²) in [7, 11) is -2.78. The number of ether oxygens (including phenoxy) is 1. The molecule has 0 bridgehead atoms. The minimum atomic E-state index is -4.12. The Bertz CT molecular complexity index is 1060. The van der Waals surface area contributed by atoms with Gasteiger partial charge in [0.15, 0.2) is 0 Å². The van der Waals surface area contributed by atoms with Crippen molar-refractivity contribution in [3.8, 4) is 5.75 Å². The van der Waals surface area contributed by atoms with Gasteiger partial charge in [-0.2, -0.15) is 0 Å². The second-order valence-electron chi connectivity index (χ2n) is 6.86. The van der Waals surface area contributed by atoms with Gasteiger partial charge in [0.05, 0.1) is 23.5 Å². The standard InChI is InChI=1S/C20H21ClN2O5S/c1-12-9-13(2)20(15(21)10-12)22-29(26,27)17-11-14(7-8-16(17)28-3)23-18(24)5-4-6-19(23)25/h7-11,22H,4-6H2,1-3H3. The number of nitrogens with one attached hydrogen (secondary N) is 1. The van der Waals surface area contributed by atoms with Crippen LogP contribution in [0, 0.1) is 13.8 Å². The first-order valence-electron chi connectivity index (χ1n) is 8.97. The molecule has 1 N–H and O–H groups in total. The molecule has 1 heterocycles. The number of imide groups is 1. The number of amides is 2. The highest BCUT2D eigenvalue weighted by atomic mass is 35.5. The second-order valence-corrected chi connectivity index (χ2v) is 8.91. The number of piperidine rings is 1. The van der Waals surface area contributed by atoms with E-state index in [1.807, 2.05) is 13.0 Å². The van der Waals surface area contributed by atoms with E-state index in [9.17, 15) is 18.0 Å². The van der Waals surface area contributed by atoms with Crippen LogP contribution in [0.25, 0.3) is 0 Å². The zero-order valence-corrected chi connectivity index (χ0v) is 17.9. The topological polar surface area (TPSA) is 92.8 Å². The van der Waals surface area contributed by atoms with E-state index in [0.29, 0.717) is 12.0 Å². The molecule has 1 aliphatic rings. The molecule has 3 rings (SSSR count). The number of halogens is 1. The van der Waals surface area contributed by atoms with Crippen LogP contribution in [0.15, 0.2) is 35.2 Å². The smallest absolute Gasteiger partial charge is 0.265 e. The lowest BCUT2D eigenvalue weighted by Crippen LogP contribution is -2.40. The number of hydrogen-bond donors (Lipinski definition) is 1. The number of anilines is 2. The van der Waals surface area contributed by atoms with E-state index < -0.39 is 10.0 Å². The highest BCUT2D eigenvalue weighted by Gasteiger charge is 2.30. The third-order valence-electron chi connectivity index (χ3n) is 4.64. The molecule has 29 heavy (non-hydrogen) atoms. The first-order valence-corrected chi connectivity index (χ1v) is 10.8. The molecule has 9 heteroatoms. The van der Waals surface area contributed by atoms with Gasteiger partial charge in [0.25, 0.3) is 10.0 Å². The van der Waals surface area contributed by atoms with Crippen molar-refractivity contribution in [1.82, 2.24) is 0 Å². The lowest BCUT2D eigenvalue weighted by molar-refractivity contribution is -0.129. The molecule has 0 aromatic heterocycles. The molecule has 1 saturated heterocycles. The van der Waals surface area contributed by atoms with Crippen LogP contribution in [0.3, 0.4) is 0 Å². The molecule has 1 fully saturated rings.